The highest BCUT2D eigenvalue weighted by atomic mass is 16.3. The number of hydrogen-bond acceptors (Lipinski definition) is 4. The number of aliphatic hydroxyl groups is 1. The minimum atomic E-state index is -1.25. The van der Waals surface area contributed by atoms with Crippen molar-refractivity contribution in [3.8, 4) is 5.69 Å². The first-order chi connectivity index (χ1) is 10.5. The molecule has 1 heterocycles. The van der Waals surface area contributed by atoms with Crippen molar-refractivity contribution in [1.29, 1.82) is 0 Å². The summed E-state index contributed by atoms with van der Waals surface area (Å²) >= 11 is 0. The third-order valence-corrected chi connectivity index (χ3v) is 4.05. The Bertz CT molecular complexity index is 739. The molecule has 0 atom stereocenters. The van der Waals surface area contributed by atoms with Crippen LogP contribution in [0.15, 0.2) is 35.4 Å². The third kappa shape index (κ3) is 2.55. The van der Waals surface area contributed by atoms with E-state index in [1.54, 1.807) is 31.3 Å². The average Bonchev–Trinajstić information content (AvgIpc) is 3.09. The number of aromatic nitrogens is 3. The minimum Gasteiger partial charge on any atom is -0.380 e. The molecule has 0 spiro atoms. The maximum Gasteiger partial charge on any atom is 0.350 e. The number of aryl methyl sites for hydroxylation is 1. The van der Waals surface area contributed by atoms with Gasteiger partial charge >= 0.3 is 5.69 Å². The number of amides is 1. The summed E-state index contributed by atoms with van der Waals surface area (Å²) in [7, 11) is 1.63. The summed E-state index contributed by atoms with van der Waals surface area (Å²) in [6.45, 7) is 0. The van der Waals surface area contributed by atoms with Crippen molar-refractivity contribution in [2.24, 2.45) is 7.05 Å². The summed E-state index contributed by atoms with van der Waals surface area (Å²) in [4.78, 5) is 23.9. The van der Waals surface area contributed by atoms with Gasteiger partial charge in [-0.2, -0.15) is 9.78 Å². The Morgan fingerprint density at radius 1 is 1.27 bits per heavy atom. The predicted octanol–water partition coefficient (Wildman–Crippen LogP) is 0.815. The molecule has 1 aromatic heterocycles. The monoisotopic (exact) mass is 302 g/mol. The highest BCUT2D eigenvalue weighted by molar-refractivity contribution is 5.97. The van der Waals surface area contributed by atoms with Gasteiger partial charge in [0, 0.05) is 12.7 Å². The zero-order valence-electron chi connectivity index (χ0n) is 12.3. The molecular formula is C15H18N4O3. The molecule has 3 rings (SSSR count). The number of carbonyl (C=O) groups excluding carboxylic acids is 1. The molecule has 1 fully saturated rings. The second kappa shape index (κ2) is 5.42. The van der Waals surface area contributed by atoms with Crippen molar-refractivity contribution >= 4 is 11.6 Å². The van der Waals surface area contributed by atoms with Crippen LogP contribution in [0.25, 0.3) is 5.69 Å². The van der Waals surface area contributed by atoms with Gasteiger partial charge in [-0.3, -0.25) is 9.36 Å². The summed E-state index contributed by atoms with van der Waals surface area (Å²) in [5, 5.41) is 16.9. The van der Waals surface area contributed by atoms with Gasteiger partial charge in [-0.05, 0) is 49.9 Å². The van der Waals surface area contributed by atoms with Gasteiger partial charge in [0.05, 0.1) is 5.69 Å². The van der Waals surface area contributed by atoms with Crippen LogP contribution in [0.2, 0.25) is 0 Å². The zero-order valence-corrected chi connectivity index (χ0v) is 12.3. The molecule has 0 saturated heterocycles. The Hall–Kier alpha value is -2.41. The molecule has 1 aliphatic carbocycles. The second-order valence-electron chi connectivity index (χ2n) is 5.68. The van der Waals surface area contributed by atoms with Crippen LogP contribution in [0, 0.1) is 0 Å². The van der Waals surface area contributed by atoms with Gasteiger partial charge in [-0.15, -0.1) is 0 Å². The lowest BCUT2D eigenvalue weighted by Crippen LogP contribution is -2.40. The van der Waals surface area contributed by atoms with Crippen molar-refractivity contribution in [3.63, 3.8) is 0 Å². The van der Waals surface area contributed by atoms with Crippen molar-refractivity contribution in [3.05, 3.63) is 41.1 Å². The van der Waals surface area contributed by atoms with Gasteiger partial charge in [0.25, 0.3) is 5.91 Å². The zero-order chi connectivity index (χ0) is 15.7. The van der Waals surface area contributed by atoms with E-state index in [2.05, 4.69) is 10.4 Å². The van der Waals surface area contributed by atoms with Crippen LogP contribution in [0.4, 0.5) is 5.69 Å². The fraction of sp³-hybridized carbons (Fsp3) is 0.400. The van der Waals surface area contributed by atoms with E-state index in [0.29, 0.717) is 24.2 Å². The Morgan fingerprint density at radius 3 is 2.45 bits per heavy atom. The van der Waals surface area contributed by atoms with E-state index in [9.17, 15) is 14.7 Å². The lowest BCUT2D eigenvalue weighted by Gasteiger charge is -2.20. The normalized spacial score (nSPS) is 16.6. The SMILES string of the molecule is Cn1cnn(-c2ccc(NC(=O)C3(O)CCCC3)cc2)c1=O. The van der Waals surface area contributed by atoms with Gasteiger partial charge in [0.2, 0.25) is 0 Å². The second-order valence-corrected chi connectivity index (χ2v) is 5.68. The first-order valence-electron chi connectivity index (χ1n) is 7.24. The lowest BCUT2D eigenvalue weighted by atomic mass is 10.0. The molecule has 7 nitrogen and oxygen atoms in total. The quantitative estimate of drug-likeness (QED) is 0.878. The van der Waals surface area contributed by atoms with Crippen molar-refractivity contribution in [1.82, 2.24) is 14.3 Å². The van der Waals surface area contributed by atoms with Gasteiger partial charge in [-0.1, -0.05) is 0 Å². The van der Waals surface area contributed by atoms with Crippen LogP contribution in [0.5, 0.6) is 0 Å². The molecule has 2 aromatic rings. The molecule has 1 aliphatic rings. The maximum absolute atomic E-state index is 12.1. The fourth-order valence-electron chi connectivity index (χ4n) is 2.67. The number of hydrogen-bond donors (Lipinski definition) is 2. The number of rotatable bonds is 3. The van der Waals surface area contributed by atoms with E-state index in [1.807, 2.05) is 0 Å². The van der Waals surface area contributed by atoms with E-state index in [-0.39, 0.29) is 11.6 Å². The van der Waals surface area contributed by atoms with E-state index >= 15 is 0 Å². The van der Waals surface area contributed by atoms with Gasteiger partial charge in [-0.25, -0.2) is 4.79 Å². The smallest absolute Gasteiger partial charge is 0.350 e. The highest BCUT2D eigenvalue weighted by Gasteiger charge is 2.38. The van der Waals surface area contributed by atoms with Gasteiger partial charge < -0.3 is 10.4 Å². The Kier molecular flexibility index (Phi) is 3.58. The summed E-state index contributed by atoms with van der Waals surface area (Å²) in [6, 6.07) is 6.77. The number of benzene rings is 1. The van der Waals surface area contributed by atoms with Crippen molar-refractivity contribution in [2.75, 3.05) is 5.32 Å². The average molecular weight is 302 g/mol. The molecule has 1 aromatic carbocycles. The number of carbonyl (C=O) groups is 1. The topological polar surface area (TPSA) is 89.2 Å². The van der Waals surface area contributed by atoms with Crippen LogP contribution in [0.3, 0.4) is 0 Å². The fourth-order valence-corrected chi connectivity index (χ4v) is 2.67. The molecule has 0 bridgehead atoms. The molecule has 7 heteroatoms. The lowest BCUT2D eigenvalue weighted by molar-refractivity contribution is -0.133. The minimum absolute atomic E-state index is 0.239. The Morgan fingerprint density at radius 2 is 1.91 bits per heavy atom. The van der Waals surface area contributed by atoms with Crippen LogP contribution in [-0.4, -0.2) is 31.0 Å². The van der Waals surface area contributed by atoms with E-state index < -0.39 is 5.60 Å². The summed E-state index contributed by atoms with van der Waals surface area (Å²) in [5.41, 5.74) is -0.297. The van der Waals surface area contributed by atoms with Crippen LogP contribution in [-0.2, 0) is 11.8 Å². The van der Waals surface area contributed by atoms with Crippen LogP contribution >= 0.6 is 0 Å². The summed E-state index contributed by atoms with van der Waals surface area (Å²) in [5.74, 6) is -0.368. The highest BCUT2D eigenvalue weighted by Crippen LogP contribution is 2.30. The molecule has 2 N–H and O–H groups in total. The summed E-state index contributed by atoms with van der Waals surface area (Å²) in [6.07, 6.45) is 4.17. The first kappa shape index (κ1) is 14.5. The molecule has 22 heavy (non-hydrogen) atoms. The molecule has 0 unspecified atom stereocenters. The van der Waals surface area contributed by atoms with Gasteiger partial charge in [0.15, 0.2) is 0 Å². The Labute approximate surface area is 127 Å². The van der Waals surface area contributed by atoms with Gasteiger partial charge in [0.1, 0.15) is 11.9 Å². The molecule has 0 radical (unpaired) electrons. The molecule has 0 aliphatic heterocycles. The predicted molar refractivity (Wildman–Crippen MR) is 80.9 cm³/mol. The van der Waals surface area contributed by atoms with E-state index in [0.717, 1.165) is 12.8 Å². The van der Waals surface area contributed by atoms with Crippen molar-refractivity contribution in [2.45, 2.75) is 31.3 Å². The van der Waals surface area contributed by atoms with E-state index in [1.165, 1.54) is 15.6 Å². The maximum atomic E-state index is 12.1. The Balaban J connectivity index is 1.76. The van der Waals surface area contributed by atoms with Crippen LogP contribution < -0.4 is 11.0 Å². The van der Waals surface area contributed by atoms with Crippen LogP contribution in [0.1, 0.15) is 25.7 Å². The van der Waals surface area contributed by atoms with E-state index in [4.69, 9.17) is 0 Å². The number of nitrogens with one attached hydrogen (secondary N) is 1. The van der Waals surface area contributed by atoms with Crippen molar-refractivity contribution < 1.29 is 9.90 Å². The first-order valence-corrected chi connectivity index (χ1v) is 7.24. The molecule has 1 saturated carbocycles. The standard InChI is InChI=1S/C15H18N4O3/c1-18-10-16-19(14(18)21)12-6-4-11(5-7-12)17-13(20)15(22)8-2-3-9-15/h4-7,10,22H,2-3,8-9H2,1H3,(H,17,20). The molecular weight excluding hydrogens is 284 g/mol. The third-order valence-electron chi connectivity index (χ3n) is 4.05. The summed E-state index contributed by atoms with van der Waals surface area (Å²) < 4.78 is 2.65. The number of nitrogens with zero attached hydrogens (tertiary/aromatic N) is 3. The molecule has 116 valence electrons. The molecule has 1 amide bonds. The largest absolute Gasteiger partial charge is 0.380 e. The number of anilines is 1.